The van der Waals surface area contributed by atoms with Gasteiger partial charge in [0.05, 0.1) is 17.2 Å². The first-order valence-corrected chi connectivity index (χ1v) is 13.3. The number of unbranched alkanes of at least 4 members (excludes halogenated alkanes) is 1. The Morgan fingerprint density at radius 2 is 1.84 bits per heavy atom. The summed E-state index contributed by atoms with van der Waals surface area (Å²) in [4.78, 5) is -0.423. The molecular weight excluding hydrogens is 489 g/mol. The van der Waals surface area contributed by atoms with E-state index in [2.05, 4.69) is 5.10 Å². The van der Waals surface area contributed by atoms with Crippen molar-refractivity contribution in [2.75, 3.05) is 6.61 Å². The molecule has 0 N–H and O–H groups in total. The summed E-state index contributed by atoms with van der Waals surface area (Å²) in [5.41, 5.74) is 2.73. The number of nitrogens with zero attached hydrogens (tertiary/aromatic N) is 3. The van der Waals surface area contributed by atoms with Gasteiger partial charge in [0.15, 0.2) is 11.6 Å². The van der Waals surface area contributed by atoms with Crippen molar-refractivity contribution >= 4 is 15.9 Å². The van der Waals surface area contributed by atoms with Gasteiger partial charge in [0.25, 0.3) is 0 Å². The zero-order chi connectivity index (χ0) is 26.4. The van der Waals surface area contributed by atoms with Crippen LogP contribution in [0.1, 0.15) is 30.9 Å². The maximum absolute atomic E-state index is 14.9. The SMILES string of the molecule is CCCCOc1ccc(-c2nn(-c3ccccc3)cc2/C=C(/C#N)S(=O)(=O)c2ccc(C)cc2)cc1F. The number of sulfone groups is 1. The number of ether oxygens (including phenoxy) is 1. The number of rotatable bonds is 9. The van der Waals surface area contributed by atoms with Gasteiger partial charge in [0, 0.05) is 17.3 Å². The Kier molecular flexibility index (Phi) is 7.85. The molecule has 1 aromatic heterocycles. The molecule has 0 aliphatic carbocycles. The van der Waals surface area contributed by atoms with Gasteiger partial charge in [0.1, 0.15) is 16.7 Å². The summed E-state index contributed by atoms with van der Waals surface area (Å²) in [5.74, 6) is -0.415. The predicted molar refractivity (Wildman–Crippen MR) is 141 cm³/mol. The Morgan fingerprint density at radius 1 is 1.11 bits per heavy atom. The first kappa shape index (κ1) is 25.9. The number of para-hydroxylation sites is 1. The molecule has 37 heavy (non-hydrogen) atoms. The van der Waals surface area contributed by atoms with Crippen LogP contribution in [0, 0.1) is 24.1 Å². The van der Waals surface area contributed by atoms with Crippen LogP contribution < -0.4 is 4.74 Å². The lowest BCUT2D eigenvalue weighted by atomic mass is 10.1. The van der Waals surface area contributed by atoms with Gasteiger partial charge in [-0.05, 0) is 61.9 Å². The molecule has 0 bridgehead atoms. The van der Waals surface area contributed by atoms with E-state index in [1.165, 1.54) is 30.3 Å². The predicted octanol–water partition coefficient (Wildman–Crippen LogP) is 6.50. The molecule has 1 heterocycles. The molecule has 4 aromatic rings. The van der Waals surface area contributed by atoms with Crippen molar-refractivity contribution < 1.29 is 17.5 Å². The van der Waals surface area contributed by atoms with Crippen LogP contribution in [0.2, 0.25) is 0 Å². The quantitative estimate of drug-likeness (QED) is 0.188. The monoisotopic (exact) mass is 515 g/mol. The highest BCUT2D eigenvalue weighted by molar-refractivity contribution is 7.95. The summed E-state index contributed by atoms with van der Waals surface area (Å²) in [6.45, 7) is 4.28. The maximum atomic E-state index is 14.9. The van der Waals surface area contributed by atoms with Crippen LogP contribution in [0.25, 0.3) is 23.0 Å². The van der Waals surface area contributed by atoms with Crippen molar-refractivity contribution in [3.8, 4) is 28.8 Å². The fraction of sp³-hybridized carbons (Fsp3) is 0.172. The van der Waals surface area contributed by atoms with Crippen LogP contribution in [-0.4, -0.2) is 24.8 Å². The van der Waals surface area contributed by atoms with E-state index in [4.69, 9.17) is 4.74 Å². The topological polar surface area (TPSA) is 85.0 Å². The number of allylic oxidation sites excluding steroid dienone is 1. The summed E-state index contributed by atoms with van der Waals surface area (Å²) in [7, 11) is -4.08. The van der Waals surface area contributed by atoms with Gasteiger partial charge in [0.2, 0.25) is 9.84 Å². The van der Waals surface area contributed by atoms with E-state index in [0.717, 1.165) is 24.1 Å². The average Bonchev–Trinajstić information content (AvgIpc) is 3.33. The lowest BCUT2D eigenvalue weighted by molar-refractivity contribution is 0.294. The number of aromatic nitrogens is 2. The normalized spacial score (nSPS) is 11.8. The molecule has 0 spiro atoms. The van der Waals surface area contributed by atoms with Gasteiger partial charge in [-0.1, -0.05) is 49.2 Å². The minimum atomic E-state index is -4.08. The van der Waals surface area contributed by atoms with Crippen LogP contribution in [0.3, 0.4) is 0 Å². The molecule has 0 saturated heterocycles. The van der Waals surface area contributed by atoms with Gasteiger partial charge >= 0.3 is 0 Å². The van der Waals surface area contributed by atoms with E-state index in [-0.39, 0.29) is 10.6 Å². The molecule has 0 aliphatic heterocycles. The minimum absolute atomic E-state index is 0.0162. The number of hydrogen-bond donors (Lipinski definition) is 0. The van der Waals surface area contributed by atoms with Crippen LogP contribution in [-0.2, 0) is 9.84 Å². The van der Waals surface area contributed by atoms with Crippen LogP contribution in [0.15, 0.2) is 88.8 Å². The standard InChI is InChI=1S/C29H26FN3O3S/c1-3-4-16-36-28-15-12-22(18-27(28)30)29-23(20-33(32-29)24-8-6-5-7-9-24)17-26(19-31)37(34,35)25-13-10-21(2)11-14-25/h5-15,17-18,20H,3-4,16H2,1-2H3/b26-17-. The van der Waals surface area contributed by atoms with Gasteiger partial charge < -0.3 is 4.74 Å². The Morgan fingerprint density at radius 3 is 2.49 bits per heavy atom. The van der Waals surface area contributed by atoms with E-state index in [1.54, 1.807) is 29.1 Å². The third-order valence-corrected chi connectivity index (χ3v) is 7.42. The Hall–Kier alpha value is -4.22. The molecule has 0 fully saturated rings. The van der Waals surface area contributed by atoms with Crippen molar-refractivity contribution in [3.05, 3.63) is 101 Å². The molecule has 4 rings (SSSR count). The number of aryl methyl sites for hydroxylation is 1. The van der Waals surface area contributed by atoms with Crippen molar-refractivity contribution in [1.82, 2.24) is 9.78 Å². The molecular formula is C29H26FN3O3S. The zero-order valence-corrected chi connectivity index (χ0v) is 21.4. The number of nitriles is 1. The molecule has 0 amide bonds. The second-order valence-corrected chi connectivity index (χ2v) is 10.4. The van der Waals surface area contributed by atoms with E-state index >= 15 is 0 Å². The molecule has 8 heteroatoms. The molecule has 6 nitrogen and oxygen atoms in total. The fourth-order valence-electron chi connectivity index (χ4n) is 3.68. The molecule has 0 atom stereocenters. The Bertz CT molecular complexity index is 1570. The van der Waals surface area contributed by atoms with Crippen LogP contribution >= 0.6 is 0 Å². The summed E-state index contributed by atoms with van der Waals surface area (Å²) in [6, 6.07) is 21.8. The molecule has 0 saturated carbocycles. The smallest absolute Gasteiger partial charge is 0.216 e. The van der Waals surface area contributed by atoms with E-state index in [0.29, 0.717) is 23.4 Å². The largest absolute Gasteiger partial charge is 0.491 e. The average molecular weight is 516 g/mol. The van der Waals surface area contributed by atoms with Crippen molar-refractivity contribution in [3.63, 3.8) is 0 Å². The third-order valence-electron chi connectivity index (χ3n) is 5.74. The van der Waals surface area contributed by atoms with E-state index in [9.17, 15) is 18.1 Å². The van der Waals surface area contributed by atoms with Gasteiger partial charge in [-0.2, -0.15) is 10.4 Å². The Labute approximate surface area is 216 Å². The summed E-state index contributed by atoms with van der Waals surface area (Å²) in [5, 5.41) is 14.4. The zero-order valence-electron chi connectivity index (χ0n) is 20.6. The van der Waals surface area contributed by atoms with Crippen molar-refractivity contribution in [2.24, 2.45) is 0 Å². The molecule has 0 unspecified atom stereocenters. The first-order valence-electron chi connectivity index (χ1n) is 11.8. The second kappa shape index (κ2) is 11.2. The number of halogens is 1. The summed E-state index contributed by atoms with van der Waals surface area (Å²) >= 11 is 0. The lowest BCUT2D eigenvalue weighted by Crippen LogP contribution is -2.03. The van der Waals surface area contributed by atoms with Crippen molar-refractivity contribution in [2.45, 2.75) is 31.6 Å². The molecule has 188 valence electrons. The first-order chi connectivity index (χ1) is 17.8. The van der Waals surface area contributed by atoms with E-state index in [1.807, 2.05) is 50.2 Å². The molecule has 0 radical (unpaired) electrons. The fourth-order valence-corrected chi connectivity index (χ4v) is 4.83. The highest BCUT2D eigenvalue weighted by Crippen LogP contribution is 2.31. The maximum Gasteiger partial charge on any atom is 0.216 e. The third kappa shape index (κ3) is 5.79. The van der Waals surface area contributed by atoms with Gasteiger partial charge in [-0.15, -0.1) is 0 Å². The lowest BCUT2D eigenvalue weighted by Gasteiger charge is -2.08. The second-order valence-electron chi connectivity index (χ2n) is 8.50. The molecule has 0 aliphatic rings. The minimum Gasteiger partial charge on any atom is -0.491 e. The number of benzene rings is 3. The number of hydrogen-bond acceptors (Lipinski definition) is 5. The van der Waals surface area contributed by atoms with Crippen molar-refractivity contribution in [1.29, 1.82) is 5.26 Å². The van der Waals surface area contributed by atoms with E-state index < -0.39 is 20.6 Å². The highest BCUT2D eigenvalue weighted by Gasteiger charge is 2.23. The van der Waals surface area contributed by atoms with Crippen LogP contribution in [0.4, 0.5) is 4.39 Å². The summed E-state index contributed by atoms with van der Waals surface area (Å²) in [6.07, 6.45) is 4.64. The van der Waals surface area contributed by atoms with Gasteiger partial charge in [-0.25, -0.2) is 17.5 Å². The summed E-state index contributed by atoms with van der Waals surface area (Å²) < 4.78 is 48.4. The Balaban J connectivity index is 1.82. The molecule has 3 aromatic carbocycles. The highest BCUT2D eigenvalue weighted by atomic mass is 32.2. The van der Waals surface area contributed by atoms with Gasteiger partial charge in [-0.3, -0.25) is 0 Å². The van der Waals surface area contributed by atoms with Crippen LogP contribution in [0.5, 0.6) is 5.75 Å².